The van der Waals surface area contributed by atoms with Gasteiger partial charge in [-0.1, -0.05) is 27.7 Å². The molecule has 2 heteroatoms. The fraction of sp³-hybridized carbons (Fsp3) is 1.00. The number of hydrogen-bond acceptors (Lipinski definition) is 1. The second kappa shape index (κ2) is 5.63. The molecular formula is C6H15AlN. The van der Waals surface area contributed by atoms with E-state index in [1.165, 1.54) is 0 Å². The second-order valence-corrected chi connectivity index (χ2v) is 2.48. The van der Waals surface area contributed by atoms with Crippen molar-refractivity contribution < 1.29 is 0 Å². The van der Waals surface area contributed by atoms with Gasteiger partial charge in [0.25, 0.3) is 0 Å². The number of nitrogens with one attached hydrogen (secondary N) is 1. The average molecular weight is 128 g/mol. The van der Waals surface area contributed by atoms with E-state index >= 15 is 0 Å². The summed E-state index contributed by atoms with van der Waals surface area (Å²) in [4.78, 5) is 0. The molecule has 0 aliphatic carbocycles. The van der Waals surface area contributed by atoms with Crippen LogP contribution in [0.3, 0.4) is 0 Å². The Labute approximate surface area is 63.0 Å². The van der Waals surface area contributed by atoms with Gasteiger partial charge in [0.2, 0.25) is 0 Å². The van der Waals surface area contributed by atoms with Crippen LogP contribution in [0.1, 0.15) is 27.7 Å². The van der Waals surface area contributed by atoms with Gasteiger partial charge in [-0.05, 0) is 0 Å². The summed E-state index contributed by atoms with van der Waals surface area (Å²) >= 11 is 0. The van der Waals surface area contributed by atoms with Gasteiger partial charge >= 0.3 is 0 Å². The van der Waals surface area contributed by atoms with Crippen LogP contribution >= 0.6 is 0 Å². The minimum atomic E-state index is 0. The average Bonchev–Trinajstić information content (AvgIpc) is 1.27. The third-order valence-corrected chi connectivity index (χ3v) is 0.667. The summed E-state index contributed by atoms with van der Waals surface area (Å²) in [7, 11) is 0. The van der Waals surface area contributed by atoms with Crippen molar-refractivity contribution in [1.29, 1.82) is 0 Å². The highest BCUT2D eigenvalue weighted by Crippen LogP contribution is 1.80. The SMILES string of the molecule is CC(C)NC(C)C.[Al]. The molecule has 0 spiro atoms. The van der Waals surface area contributed by atoms with Crippen molar-refractivity contribution in [2.45, 2.75) is 39.8 Å². The van der Waals surface area contributed by atoms with E-state index < -0.39 is 0 Å². The molecule has 0 atom stereocenters. The Morgan fingerprint density at radius 1 is 0.875 bits per heavy atom. The predicted octanol–water partition coefficient (Wildman–Crippen LogP) is 1.01. The number of hydrogen-bond donors (Lipinski definition) is 1. The van der Waals surface area contributed by atoms with Gasteiger partial charge in [0.1, 0.15) is 0 Å². The summed E-state index contributed by atoms with van der Waals surface area (Å²) in [6, 6.07) is 1.25. The summed E-state index contributed by atoms with van der Waals surface area (Å²) in [5.41, 5.74) is 0. The molecule has 0 heterocycles. The Hall–Kier alpha value is 0.492. The lowest BCUT2D eigenvalue weighted by molar-refractivity contribution is 0.518. The van der Waals surface area contributed by atoms with Crippen molar-refractivity contribution in [2.75, 3.05) is 0 Å². The first-order valence-electron chi connectivity index (χ1n) is 2.89. The van der Waals surface area contributed by atoms with Gasteiger partial charge in [-0.15, -0.1) is 0 Å². The van der Waals surface area contributed by atoms with E-state index in [2.05, 4.69) is 33.0 Å². The van der Waals surface area contributed by atoms with E-state index in [-0.39, 0.29) is 17.4 Å². The first-order valence-corrected chi connectivity index (χ1v) is 2.89. The standard InChI is InChI=1S/C6H15N.Al/c1-5(2)7-6(3)4;/h5-7H,1-4H3;. The van der Waals surface area contributed by atoms with Crippen LogP contribution in [0.2, 0.25) is 0 Å². The summed E-state index contributed by atoms with van der Waals surface area (Å²) < 4.78 is 0. The van der Waals surface area contributed by atoms with Crippen molar-refractivity contribution in [2.24, 2.45) is 0 Å². The van der Waals surface area contributed by atoms with Gasteiger partial charge < -0.3 is 5.32 Å². The predicted molar refractivity (Wildman–Crippen MR) is 39.2 cm³/mol. The molecule has 0 aromatic heterocycles. The molecular weight excluding hydrogens is 113 g/mol. The van der Waals surface area contributed by atoms with Gasteiger partial charge in [0.05, 0.1) is 0 Å². The van der Waals surface area contributed by atoms with Gasteiger partial charge in [-0.25, -0.2) is 0 Å². The smallest absolute Gasteiger partial charge is 0.00127 e. The topological polar surface area (TPSA) is 12.0 Å². The summed E-state index contributed by atoms with van der Waals surface area (Å²) in [5, 5.41) is 3.31. The third-order valence-electron chi connectivity index (χ3n) is 0.667. The molecule has 0 aromatic carbocycles. The molecule has 0 saturated carbocycles. The fourth-order valence-corrected chi connectivity index (χ4v) is 0.667. The van der Waals surface area contributed by atoms with E-state index in [0.29, 0.717) is 12.1 Å². The molecule has 0 aliphatic heterocycles. The van der Waals surface area contributed by atoms with Crippen molar-refractivity contribution in [3.05, 3.63) is 0 Å². The lowest BCUT2D eigenvalue weighted by Gasteiger charge is -2.10. The van der Waals surface area contributed by atoms with Crippen LogP contribution in [-0.2, 0) is 0 Å². The van der Waals surface area contributed by atoms with Crippen LogP contribution in [0.25, 0.3) is 0 Å². The molecule has 0 rings (SSSR count). The Kier molecular flexibility index (Phi) is 7.95. The molecule has 0 amide bonds. The highest BCUT2D eigenvalue weighted by molar-refractivity contribution is 5.75. The van der Waals surface area contributed by atoms with Crippen molar-refractivity contribution in [3.8, 4) is 0 Å². The van der Waals surface area contributed by atoms with Crippen LogP contribution in [-0.4, -0.2) is 29.4 Å². The molecule has 0 unspecified atom stereocenters. The molecule has 0 aliphatic rings. The van der Waals surface area contributed by atoms with Crippen molar-refractivity contribution in [1.82, 2.24) is 5.32 Å². The third kappa shape index (κ3) is 9.70. The summed E-state index contributed by atoms with van der Waals surface area (Å²) in [5.74, 6) is 0. The molecule has 0 bridgehead atoms. The van der Waals surface area contributed by atoms with Gasteiger partial charge in [-0.3, -0.25) is 0 Å². The first kappa shape index (κ1) is 11.3. The molecule has 0 fully saturated rings. The molecule has 47 valence electrons. The largest absolute Gasteiger partial charge is 0.312 e. The quantitative estimate of drug-likeness (QED) is 0.547. The van der Waals surface area contributed by atoms with E-state index in [1.807, 2.05) is 0 Å². The first-order chi connectivity index (χ1) is 3.13. The Bertz CT molecular complexity index is 37.8. The minimum Gasteiger partial charge on any atom is -0.312 e. The maximum Gasteiger partial charge on any atom is 0.00127 e. The van der Waals surface area contributed by atoms with E-state index in [1.54, 1.807) is 0 Å². The molecule has 8 heavy (non-hydrogen) atoms. The molecule has 3 radical (unpaired) electrons. The van der Waals surface area contributed by atoms with Gasteiger partial charge in [-0.2, -0.15) is 0 Å². The summed E-state index contributed by atoms with van der Waals surface area (Å²) in [6.45, 7) is 8.61. The maximum absolute atomic E-state index is 3.31. The molecule has 1 nitrogen and oxygen atoms in total. The number of rotatable bonds is 2. The van der Waals surface area contributed by atoms with Crippen molar-refractivity contribution in [3.63, 3.8) is 0 Å². The highest BCUT2D eigenvalue weighted by atomic mass is 27.0. The zero-order chi connectivity index (χ0) is 5.86. The second-order valence-electron chi connectivity index (χ2n) is 2.48. The fourth-order valence-electron chi connectivity index (χ4n) is 0.667. The maximum atomic E-state index is 3.31. The van der Waals surface area contributed by atoms with Crippen LogP contribution in [0.5, 0.6) is 0 Å². The highest BCUT2D eigenvalue weighted by Gasteiger charge is 1.92. The zero-order valence-electron chi connectivity index (χ0n) is 6.23. The molecule has 1 N–H and O–H groups in total. The Morgan fingerprint density at radius 3 is 1.12 bits per heavy atom. The van der Waals surface area contributed by atoms with E-state index in [0.717, 1.165) is 0 Å². The van der Waals surface area contributed by atoms with Crippen LogP contribution in [0.15, 0.2) is 0 Å². The lowest BCUT2D eigenvalue weighted by Crippen LogP contribution is -2.29. The van der Waals surface area contributed by atoms with Crippen LogP contribution in [0, 0.1) is 0 Å². The normalized spacial score (nSPS) is 9.75. The van der Waals surface area contributed by atoms with Crippen molar-refractivity contribution >= 4 is 17.4 Å². The van der Waals surface area contributed by atoms with Crippen LogP contribution in [0.4, 0.5) is 0 Å². The Morgan fingerprint density at radius 2 is 1.12 bits per heavy atom. The van der Waals surface area contributed by atoms with Gasteiger partial charge in [0, 0.05) is 29.4 Å². The minimum absolute atomic E-state index is 0. The van der Waals surface area contributed by atoms with Gasteiger partial charge in [0.15, 0.2) is 0 Å². The molecule has 0 aromatic rings. The van der Waals surface area contributed by atoms with Crippen LogP contribution < -0.4 is 5.32 Å². The Balaban J connectivity index is 0. The van der Waals surface area contributed by atoms with E-state index in [4.69, 9.17) is 0 Å². The summed E-state index contributed by atoms with van der Waals surface area (Å²) in [6.07, 6.45) is 0. The lowest BCUT2D eigenvalue weighted by atomic mass is 10.3. The van der Waals surface area contributed by atoms with E-state index in [9.17, 15) is 0 Å². The molecule has 0 saturated heterocycles. The monoisotopic (exact) mass is 128 g/mol. The zero-order valence-corrected chi connectivity index (χ0v) is 7.39.